The molecule has 0 atom stereocenters. The van der Waals surface area contributed by atoms with E-state index in [2.05, 4.69) is 26.0 Å². The van der Waals surface area contributed by atoms with E-state index in [9.17, 15) is 4.79 Å². The third-order valence-electron chi connectivity index (χ3n) is 3.32. The van der Waals surface area contributed by atoms with Gasteiger partial charge in [-0.15, -0.1) is 10.2 Å². The molecule has 1 aromatic carbocycles. The van der Waals surface area contributed by atoms with Crippen LogP contribution in [0.2, 0.25) is 10.0 Å². The molecule has 0 bridgehead atoms. The van der Waals surface area contributed by atoms with Gasteiger partial charge in [-0.05, 0) is 37.3 Å². The monoisotopic (exact) mass is 439 g/mol. The second-order valence-electron chi connectivity index (χ2n) is 5.46. The summed E-state index contributed by atoms with van der Waals surface area (Å²) in [7, 11) is 0. The van der Waals surface area contributed by atoms with Crippen molar-refractivity contribution in [1.82, 2.24) is 14.9 Å². The van der Waals surface area contributed by atoms with Gasteiger partial charge in [0.15, 0.2) is 0 Å². The van der Waals surface area contributed by atoms with Crippen LogP contribution < -0.4 is 16.6 Å². The molecule has 28 heavy (non-hydrogen) atoms. The van der Waals surface area contributed by atoms with Crippen LogP contribution >= 0.6 is 35.0 Å². The van der Waals surface area contributed by atoms with Crippen molar-refractivity contribution in [3.05, 3.63) is 51.9 Å². The maximum absolute atomic E-state index is 12.1. The SMILES string of the molecule is Cc1ccc(/C=N/Nc2nnc(SCC(=O)Nc3cc(Cl)ccc3Cl)n2N)o1. The Morgan fingerprint density at radius 3 is 2.93 bits per heavy atom. The van der Waals surface area contributed by atoms with Crippen molar-refractivity contribution in [2.45, 2.75) is 12.1 Å². The first-order valence-electron chi connectivity index (χ1n) is 7.86. The van der Waals surface area contributed by atoms with E-state index in [0.29, 0.717) is 26.6 Å². The van der Waals surface area contributed by atoms with Gasteiger partial charge in [0.2, 0.25) is 11.1 Å². The number of hydrogen-bond donors (Lipinski definition) is 3. The Labute approximate surface area is 174 Å². The van der Waals surface area contributed by atoms with E-state index in [1.165, 1.54) is 10.9 Å². The third-order valence-corrected chi connectivity index (χ3v) is 4.82. The van der Waals surface area contributed by atoms with E-state index >= 15 is 0 Å². The summed E-state index contributed by atoms with van der Waals surface area (Å²) in [5, 5.41) is 15.6. The molecule has 9 nitrogen and oxygen atoms in total. The number of carbonyl (C=O) groups excluding carboxylic acids is 1. The molecule has 0 fully saturated rings. The molecule has 0 spiro atoms. The van der Waals surface area contributed by atoms with Gasteiger partial charge in [0.05, 0.1) is 22.7 Å². The van der Waals surface area contributed by atoms with Crippen LogP contribution in [-0.2, 0) is 4.79 Å². The molecule has 4 N–H and O–H groups in total. The molecular formula is C16H15Cl2N7O2S. The van der Waals surface area contributed by atoms with E-state index < -0.39 is 0 Å². The largest absolute Gasteiger partial charge is 0.460 e. The van der Waals surface area contributed by atoms with Crippen LogP contribution in [0, 0.1) is 6.92 Å². The first-order chi connectivity index (χ1) is 13.4. The Bertz CT molecular complexity index is 1020. The highest BCUT2D eigenvalue weighted by molar-refractivity contribution is 7.99. The van der Waals surface area contributed by atoms with E-state index in [-0.39, 0.29) is 17.6 Å². The first-order valence-corrected chi connectivity index (χ1v) is 9.60. The molecule has 0 aliphatic rings. The summed E-state index contributed by atoms with van der Waals surface area (Å²) < 4.78 is 6.55. The lowest BCUT2D eigenvalue weighted by molar-refractivity contribution is -0.113. The van der Waals surface area contributed by atoms with Gasteiger partial charge in [0.25, 0.3) is 5.95 Å². The maximum atomic E-state index is 12.1. The highest BCUT2D eigenvalue weighted by atomic mass is 35.5. The third kappa shape index (κ3) is 5.18. The molecule has 0 aliphatic heterocycles. The number of aromatic nitrogens is 3. The molecule has 2 heterocycles. The zero-order valence-electron chi connectivity index (χ0n) is 14.5. The number of halogens is 2. The second kappa shape index (κ2) is 9.00. The number of amides is 1. The lowest BCUT2D eigenvalue weighted by Crippen LogP contribution is -2.17. The highest BCUT2D eigenvalue weighted by Gasteiger charge is 2.13. The summed E-state index contributed by atoms with van der Waals surface area (Å²) >= 11 is 13.0. The number of anilines is 2. The summed E-state index contributed by atoms with van der Waals surface area (Å²) in [6.45, 7) is 1.83. The van der Waals surface area contributed by atoms with E-state index in [0.717, 1.165) is 17.5 Å². The van der Waals surface area contributed by atoms with Crippen molar-refractivity contribution >= 4 is 58.7 Å². The van der Waals surface area contributed by atoms with Crippen molar-refractivity contribution in [2.24, 2.45) is 5.10 Å². The Balaban J connectivity index is 1.54. The number of hydrazone groups is 1. The molecular weight excluding hydrogens is 425 g/mol. The zero-order chi connectivity index (χ0) is 20.1. The average molecular weight is 440 g/mol. The van der Waals surface area contributed by atoms with Gasteiger partial charge in [0.1, 0.15) is 11.5 Å². The molecule has 3 rings (SSSR count). The smallest absolute Gasteiger partial charge is 0.264 e. The van der Waals surface area contributed by atoms with Crippen molar-refractivity contribution in [3.63, 3.8) is 0 Å². The van der Waals surface area contributed by atoms with Gasteiger partial charge in [-0.2, -0.15) is 5.10 Å². The van der Waals surface area contributed by atoms with Crippen LogP contribution in [0.25, 0.3) is 0 Å². The minimum Gasteiger partial charge on any atom is -0.460 e. The van der Waals surface area contributed by atoms with E-state index in [1.54, 1.807) is 24.3 Å². The molecule has 0 unspecified atom stereocenters. The summed E-state index contributed by atoms with van der Waals surface area (Å²) in [6.07, 6.45) is 1.48. The van der Waals surface area contributed by atoms with E-state index in [4.69, 9.17) is 33.5 Å². The Morgan fingerprint density at radius 2 is 2.18 bits per heavy atom. The molecule has 0 aliphatic carbocycles. The van der Waals surface area contributed by atoms with Crippen molar-refractivity contribution in [1.29, 1.82) is 0 Å². The Morgan fingerprint density at radius 1 is 1.36 bits per heavy atom. The fourth-order valence-corrected chi connectivity index (χ4v) is 3.03. The number of hydrogen-bond acceptors (Lipinski definition) is 8. The number of nitrogens with two attached hydrogens (primary N) is 1. The Hall–Kier alpha value is -2.69. The number of carbonyl (C=O) groups is 1. The van der Waals surface area contributed by atoms with Crippen molar-refractivity contribution in [2.75, 3.05) is 22.3 Å². The highest BCUT2D eigenvalue weighted by Crippen LogP contribution is 2.26. The maximum Gasteiger partial charge on any atom is 0.264 e. The molecule has 12 heteroatoms. The van der Waals surface area contributed by atoms with Gasteiger partial charge >= 0.3 is 0 Å². The molecule has 1 amide bonds. The normalized spacial score (nSPS) is 11.1. The lowest BCUT2D eigenvalue weighted by atomic mass is 10.3. The molecule has 0 saturated heterocycles. The molecule has 3 aromatic rings. The van der Waals surface area contributed by atoms with Crippen LogP contribution in [0.3, 0.4) is 0 Å². The van der Waals surface area contributed by atoms with Gasteiger partial charge in [-0.3, -0.25) is 4.79 Å². The van der Waals surface area contributed by atoms with Crippen LogP contribution in [0.1, 0.15) is 11.5 Å². The van der Waals surface area contributed by atoms with Gasteiger partial charge < -0.3 is 15.6 Å². The fraction of sp³-hybridized carbons (Fsp3) is 0.125. The van der Waals surface area contributed by atoms with Crippen LogP contribution in [0.4, 0.5) is 11.6 Å². The minimum absolute atomic E-state index is 0.0487. The number of furan rings is 1. The molecule has 146 valence electrons. The van der Waals surface area contributed by atoms with Crippen LogP contribution in [0.5, 0.6) is 0 Å². The number of aryl methyl sites for hydroxylation is 1. The topological polar surface area (TPSA) is 123 Å². The Kier molecular flexibility index (Phi) is 6.45. The fourth-order valence-electron chi connectivity index (χ4n) is 2.04. The lowest BCUT2D eigenvalue weighted by Gasteiger charge is -2.07. The number of rotatable bonds is 7. The average Bonchev–Trinajstić information content (AvgIpc) is 3.22. The van der Waals surface area contributed by atoms with Crippen molar-refractivity contribution < 1.29 is 9.21 Å². The van der Waals surface area contributed by atoms with E-state index in [1.807, 2.05) is 13.0 Å². The second-order valence-corrected chi connectivity index (χ2v) is 7.24. The van der Waals surface area contributed by atoms with Crippen LogP contribution in [0.15, 0.2) is 45.0 Å². The number of nitrogens with one attached hydrogen (secondary N) is 2. The summed E-state index contributed by atoms with van der Waals surface area (Å²) in [6, 6.07) is 8.41. The molecule has 2 aromatic heterocycles. The number of nitrogens with zero attached hydrogens (tertiary/aromatic N) is 4. The molecule has 0 radical (unpaired) electrons. The summed E-state index contributed by atoms with van der Waals surface area (Å²) in [5.74, 6) is 7.23. The summed E-state index contributed by atoms with van der Waals surface area (Å²) in [5.41, 5.74) is 3.09. The quantitative estimate of drug-likeness (QED) is 0.223. The predicted octanol–water partition coefficient (Wildman–Crippen LogP) is 3.38. The van der Waals surface area contributed by atoms with Gasteiger partial charge in [0, 0.05) is 5.02 Å². The van der Waals surface area contributed by atoms with Crippen LogP contribution in [-0.4, -0.2) is 32.7 Å². The zero-order valence-corrected chi connectivity index (χ0v) is 16.8. The minimum atomic E-state index is -0.294. The van der Waals surface area contributed by atoms with Gasteiger partial charge in [-0.1, -0.05) is 35.0 Å². The van der Waals surface area contributed by atoms with Crippen molar-refractivity contribution in [3.8, 4) is 0 Å². The van der Waals surface area contributed by atoms with Gasteiger partial charge in [-0.25, -0.2) is 10.1 Å². The predicted molar refractivity (Wildman–Crippen MR) is 111 cm³/mol. The number of nitrogen functional groups attached to an aromatic ring is 1. The number of benzene rings is 1. The summed E-state index contributed by atoms with van der Waals surface area (Å²) in [4.78, 5) is 12.1. The first kappa shape index (κ1) is 20.1. The number of thioether (sulfide) groups is 1. The standard InChI is InChI=1S/C16H15Cl2N7O2S/c1-9-2-4-11(27-9)7-20-22-15-23-24-16(25(15)19)28-8-14(26)21-13-6-10(17)3-5-12(13)18/h2-7H,8,19H2,1H3,(H,21,26)(H,22,23)/b20-7+. The molecule has 0 saturated carbocycles.